The van der Waals surface area contributed by atoms with Crippen molar-refractivity contribution in [3.8, 4) is 0 Å². The molecule has 3 rings (SSSR count). The van der Waals surface area contributed by atoms with Crippen LogP contribution in [0.5, 0.6) is 0 Å². The zero-order chi connectivity index (χ0) is 12.8. The fourth-order valence-electron chi connectivity index (χ4n) is 2.64. The second kappa shape index (κ2) is 4.21. The molecular weight excluding hydrogens is 252 g/mol. The lowest BCUT2D eigenvalue weighted by atomic mass is 9.96. The standard InChI is InChI=1S/C13H15ClN2O2/c14-11-2-1-9(7-15-11)13(4-5-13)12(18)16-6-3-10(17)8-16/h1-2,7,10,17H,3-6,8H2/t10-/m1/s1. The van der Waals surface area contributed by atoms with E-state index in [0.29, 0.717) is 24.7 Å². The van der Waals surface area contributed by atoms with Gasteiger partial charge in [-0.3, -0.25) is 4.79 Å². The van der Waals surface area contributed by atoms with Crippen molar-refractivity contribution < 1.29 is 9.90 Å². The number of likely N-dealkylation sites (tertiary alicyclic amines) is 1. The van der Waals surface area contributed by atoms with Crippen LogP contribution in [0, 0.1) is 0 Å². The first kappa shape index (κ1) is 11.9. The quantitative estimate of drug-likeness (QED) is 0.823. The van der Waals surface area contributed by atoms with Crippen molar-refractivity contribution in [2.24, 2.45) is 0 Å². The molecule has 2 fully saturated rings. The van der Waals surface area contributed by atoms with Crippen molar-refractivity contribution in [1.82, 2.24) is 9.88 Å². The molecule has 1 saturated heterocycles. The van der Waals surface area contributed by atoms with E-state index >= 15 is 0 Å². The maximum atomic E-state index is 12.5. The number of pyridine rings is 1. The van der Waals surface area contributed by atoms with E-state index in [1.165, 1.54) is 0 Å². The lowest BCUT2D eigenvalue weighted by Crippen LogP contribution is -2.38. The van der Waals surface area contributed by atoms with Crippen LogP contribution in [0.3, 0.4) is 0 Å². The molecule has 0 unspecified atom stereocenters. The number of halogens is 1. The third-order valence-electron chi connectivity index (χ3n) is 3.89. The first-order chi connectivity index (χ1) is 8.62. The molecule has 2 heterocycles. The molecule has 1 saturated carbocycles. The second-order valence-corrected chi connectivity index (χ2v) is 5.53. The predicted molar refractivity (Wildman–Crippen MR) is 67.4 cm³/mol. The van der Waals surface area contributed by atoms with Crippen molar-refractivity contribution >= 4 is 17.5 Å². The lowest BCUT2D eigenvalue weighted by Gasteiger charge is -2.23. The van der Waals surface area contributed by atoms with E-state index < -0.39 is 5.41 Å². The second-order valence-electron chi connectivity index (χ2n) is 5.15. The molecule has 1 aliphatic heterocycles. The Morgan fingerprint density at radius 1 is 1.50 bits per heavy atom. The van der Waals surface area contributed by atoms with Gasteiger partial charge in [-0.05, 0) is 30.9 Å². The molecule has 1 aliphatic carbocycles. The molecular formula is C13H15ClN2O2. The van der Waals surface area contributed by atoms with Crippen molar-refractivity contribution in [2.45, 2.75) is 30.8 Å². The molecule has 5 heteroatoms. The third-order valence-corrected chi connectivity index (χ3v) is 4.11. The van der Waals surface area contributed by atoms with Gasteiger partial charge in [-0.2, -0.15) is 0 Å². The minimum Gasteiger partial charge on any atom is -0.391 e. The van der Waals surface area contributed by atoms with E-state index in [9.17, 15) is 9.90 Å². The summed E-state index contributed by atoms with van der Waals surface area (Å²) in [5, 5.41) is 9.96. The van der Waals surface area contributed by atoms with Crippen LogP contribution in [0.1, 0.15) is 24.8 Å². The number of hydrogen-bond acceptors (Lipinski definition) is 3. The van der Waals surface area contributed by atoms with Crippen molar-refractivity contribution in [2.75, 3.05) is 13.1 Å². The van der Waals surface area contributed by atoms with Gasteiger partial charge in [-0.1, -0.05) is 17.7 Å². The normalized spacial score (nSPS) is 25.2. The highest BCUT2D eigenvalue weighted by atomic mass is 35.5. The molecule has 1 aromatic heterocycles. The van der Waals surface area contributed by atoms with Gasteiger partial charge in [0, 0.05) is 19.3 Å². The predicted octanol–water partition coefficient (Wildman–Crippen LogP) is 1.36. The van der Waals surface area contributed by atoms with Crippen molar-refractivity contribution in [3.63, 3.8) is 0 Å². The first-order valence-electron chi connectivity index (χ1n) is 6.21. The molecule has 0 bridgehead atoms. The lowest BCUT2D eigenvalue weighted by molar-refractivity contribution is -0.133. The number of carbonyl (C=O) groups excluding carboxylic acids is 1. The monoisotopic (exact) mass is 266 g/mol. The van der Waals surface area contributed by atoms with Gasteiger partial charge in [0.15, 0.2) is 0 Å². The third kappa shape index (κ3) is 1.89. The molecule has 1 aromatic rings. The fraction of sp³-hybridized carbons (Fsp3) is 0.538. The first-order valence-corrected chi connectivity index (χ1v) is 6.59. The summed E-state index contributed by atoms with van der Waals surface area (Å²) in [5.74, 6) is 0.128. The number of aliphatic hydroxyl groups is 1. The minimum absolute atomic E-state index is 0.128. The summed E-state index contributed by atoms with van der Waals surface area (Å²) in [4.78, 5) is 18.3. The zero-order valence-electron chi connectivity index (χ0n) is 9.97. The van der Waals surface area contributed by atoms with E-state index in [4.69, 9.17) is 11.6 Å². The number of hydrogen-bond donors (Lipinski definition) is 1. The van der Waals surface area contributed by atoms with Gasteiger partial charge in [-0.25, -0.2) is 4.98 Å². The molecule has 4 nitrogen and oxygen atoms in total. The fourth-order valence-corrected chi connectivity index (χ4v) is 2.75. The summed E-state index contributed by atoms with van der Waals surface area (Å²) in [6.45, 7) is 1.12. The van der Waals surface area contributed by atoms with Gasteiger partial charge in [0.1, 0.15) is 5.15 Å². The molecule has 1 N–H and O–H groups in total. The van der Waals surface area contributed by atoms with Gasteiger partial charge in [0.05, 0.1) is 11.5 Å². The highest BCUT2D eigenvalue weighted by Crippen LogP contribution is 2.49. The number of aliphatic hydroxyl groups excluding tert-OH is 1. The molecule has 1 atom stereocenters. The summed E-state index contributed by atoms with van der Waals surface area (Å²) < 4.78 is 0. The Morgan fingerprint density at radius 3 is 2.78 bits per heavy atom. The summed E-state index contributed by atoms with van der Waals surface area (Å²) in [6.07, 6.45) is 3.73. The Labute approximate surface area is 111 Å². The van der Waals surface area contributed by atoms with Crippen LogP contribution in [0.25, 0.3) is 0 Å². The smallest absolute Gasteiger partial charge is 0.233 e. The van der Waals surface area contributed by atoms with Crippen LogP contribution in [-0.2, 0) is 10.2 Å². The number of β-amino-alcohol motifs (C(OH)–C–C–N with tert-alkyl or cyclic N) is 1. The molecule has 2 aliphatic rings. The molecule has 0 spiro atoms. The van der Waals surface area contributed by atoms with E-state index in [0.717, 1.165) is 18.4 Å². The molecule has 18 heavy (non-hydrogen) atoms. The van der Waals surface area contributed by atoms with E-state index in [2.05, 4.69) is 4.98 Å². The average Bonchev–Trinajstić information content (AvgIpc) is 3.06. The van der Waals surface area contributed by atoms with Gasteiger partial charge in [0.2, 0.25) is 5.91 Å². The summed E-state index contributed by atoms with van der Waals surface area (Å²) in [5.41, 5.74) is 0.542. The van der Waals surface area contributed by atoms with Gasteiger partial charge in [-0.15, -0.1) is 0 Å². The Bertz CT molecular complexity index is 470. The van der Waals surface area contributed by atoms with E-state index in [-0.39, 0.29) is 12.0 Å². The summed E-state index contributed by atoms with van der Waals surface area (Å²) in [7, 11) is 0. The van der Waals surface area contributed by atoms with Gasteiger partial charge < -0.3 is 10.0 Å². The molecule has 0 aromatic carbocycles. The number of nitrogens with zero attached hydrogens (tertiary/aromatic N) is 2. The number of aromatic nitrogens is 1. The van der Waals surface area contributed by atoms with Crippen LogP contribution >= 0.6 is 11.6 Å². The SMILES string of the molecule is O=C(N1CC[C@@H](O)C1)C1(c2ccc(Cl)nc2)CC1. The topological polar surface area (TPSA) is 53.4 Å². The van der Waals surface area contributed by atoms with Crippen LogP contribution < -0.4 is 0 Å². The number of amides is 1. The Morgan fingerprint density at radius 2 is 2.28 bits per heavy atom. The highest BCUT2D eigenvalue weighted by molar-refractivity contribution is 6.29. The average molecular weight is 267 g/mol. The minimum atomic E-state index is -0.401. The molecule has 1 amide bonds. The number of carbonyl (C=O) groups is 1. The van der Waals surface area contributed by atoms with Crippen molar-refractivity contribution in [1.29, 1.82) is 0 Å². The van der Waals surface area contributed by atoms with Crippen molar-refractivity contribution in [3.05, 3.63) is 29.0 Å². The van der Waals surface area contributed by atoms with Gasteiger partial charge >= 0.3 is 0 Å². The number of rotatable bonds is 2. The molecule has 96 valence electrons. The van der Waals surface area contributed by atoms with Crippen LogP contribution in [-0.4, -0.2) is 40.1 Å². The Hall–Kier alpha value is -1.13. The summed E-state index contributed by atoms with van der Waals surface area (Å²) in [6, 6.07) is 3.61. The van der Waals surface area contributed by atoms with E-state index in [1.807, 2.05) is 6.07 Å². The maximum Gasteiger partial charge on any atom is 0.233 e. The maximum absolute atomic E-state index is 12.5. The Kier molecular flexibility index (Phi) is 2.79. The van der Waals surface area contributed by atoms with Gasteiger partial charge in [0.25, 0.3) is 0 Å². The van der Waals surface area contributed by atoms with Crippen LogP contribution in [0.15, 0.2) is 18.3 Å². The van der Waals surface area contributed by atoms with E-state index in [1.54, 1.807) is 17.2 Å². The molecule has 0 radical (unpaired) electrons. The van der Waals surface area contributed by atoms with Crippen LogP contribution in [0.2, 0.25) is 5.15 Å². The summed E-state index contributed by atoms with van der Waals surface area (Å²) >= 11 is 5.77. The largest absolute Gasteiger partial charge is 0.391 e. The van der Waals surface area contributed by atoms with Crippen LogP contribution in [0.4, 0.5) is 0 Å². The Balaban J connectivity index is 1.82. The zero-order valence-corrected chi connectivity index (χ0v) is 10.7. The highest BCUT2D eigenvalue weighted by Gasteiger charge is 2.53.